The maximum absolute atomic E-state index is 12.8. The Hall–Kier alpha value is -4.70. The van der Waals surface area contributed by atoms with Crippen molar-refractivity contribution in [1.29, 1.82) is 0 Å². The van der Waals surface area contributed by atoms with Crippen LogP contribution in [0.15, 0.2) is 35.1 Å². The number of nitrogens with zero attached hydrogens (tertiary/aromatic N) is 3. The van der Waals surface area contributed by atoms with Crippen molar-refractivity contribution in [1.82, 2.24) is 25.3 Å². The van der Waals surface area contributed by atoms with E-state index in [0.29, 0.717) is 34.0 Å². The largest absolute Gasteiger partial charge is 0.493 e. The Kier molecular flexibility index (Phi) is 9.27. The number of aryl methyl sites for hydroxylation is 1. The van der Waals surface area contributed by atoms with Crippen LogP contribution in [0.1, 0.15) is 5.69 Å². The van der Waals surface area contributed by atoms with Gasteiger partial charge in [0.15, 0.2) is 11.5 Å². The zero-order chi connectivity index (χ0) is 30.4. The molecular formula is C26H27F3N6O7. The second-order valence-electron chi connectivity index (χ2n) is 8.85. The maximum atomic E-state index is 12.8. The first-order valence-electron chi connectivity index (χ1n) is 12.4. The van der Waals surface area contributed by atoms with Gasteiger partial charge in [-0.15, -0.1) is 0 Å². The molecule has 0 amide bonds. The van der Waals surface area contributed by atoms with Crippen molar-refractivity contribution in [3.8, 4) is 17.2 Å². The van der Waals surface area contributed by atoms with Crippen molar-refractivity contribution in [2.75, 3.05) is 45.9 Å². The number of ether oxygens (including phenoxy) is 4. The first kappa shape index (κ1) is 30.3. The van der Waals surface area contributed by atoms with Gasteiger partial charge in [0.1, 0.15) is 19.0 Å². The van der Waals surface area contributed by atoms with Crippen LogP contribution in [0, 0.1) is 6.92 Å². The number of halogens is 3. The lowest BCUT2D eigenvalue weighted by molar-refractivity contribution is -0.200. The van der Waals surface area contributed by atoms with Gasteiger partial charge in [0.2, 0.25) is 11.9 Å². The number of aliphatic hydroxyl groups is 1. The second-order valence-corrected chi connectivity index (χ2v) is 8.85. The summed E-state index contributed by atoms with van der Waals surface area (Å²) in [6.07, 6.45) is -5.12. The van der Waals surface area contributed by atoms with E-state index in [4.69, 9.17) is 14.2 Å². The molecule has 4 rings (SSSR count). The molecule has 42 heavy (non-hydrogen) atoms. The molecule has 4 aromatic rings. The van der Waals surface area contributed by atoms with Gasteiger partial charge in [0, 0.05) is 18.0 Å². The van der Waals surface area contributed by atoms with Gasteiger partial charge in [0.25, 0.3) is 5.56 Å². The van der Waals surface area contributed by atoms with E-state index in [-0.39, 0.29) is 30.4 Å². The molecule has 0 saturated heterocycles. The van der Waals surface area contributed by atoms with E-state index < -0.39 is 37.0 Å². The number of H-pyrrole nitrogens is 1. The van der Waals surface area contributed by atoms with E-state index in [9.17, 15) is 27.9 Å². The summed E-state index contributed by atoms with van der Waals surface area (Å²) in [7, 11) is 3.06. The molecule has 0 aliphatic carbocycles. The molecule has 2 aromatic carbocycles. The molecule has 16 heteroatoms. The molecule has 0 radical (unpaired) electrons. The fourth-order valence-corrected chi connectivity index (χ4v) is 3.90. The molecule has 0 aliphatic heterocycles. The van der Waals surface area contributed by atoms with Crippen molar-refractivity contribution in [2.24, 2.45) is 0 Å². The molecule has 0 bridgehead atoms. The molecule has 1 atom stereocenters. The lowest BCUT2D eigenvalue weighted by atomic mass is 10.1. The van der Waals surface area contributed by atoms with Crippen molar-refractivity contribution in [3.63, 3.8) is 0 Å². The summed E-state index contributed by atoms with van der Waals surface area (Å²) < 4.78 is 57.2. The Bertz CT molecular complexity index is 1650. The molecule has 2 heterocycles. The van der Waals surface area contributed by atoms with Gasteiger partial charge in [-0.25, -0.2) is 19.7 Å². The number of carbonyl (C=O) groups excluding carboxylic acids is 1. The Balaban J connectivity index is 1.40. The summed E-state index contributed by atoms with van der Waals surface area (Å²) in [6.45, 7) is 0.714. The predicted octanol–water partition coefficient (Wildman–Crippen LogP) is 2.37. The number of aliphatic hydroxyl groups excluding tert-OH is 1. The summed E-state index contributed by atoms with van der Waals surface area (Å²) in [6, 6.07) is 7.22. The Morgan fingerprint density at radius 1 is 1.05 bits per heavy atom. The number of esters is 1. The first-order valence-corrected chi connectivity index (χ1v) is 12.4. The third kappa shape index (κ3) is 7.13. The van der Waals surface area contributed by atoms with E-state index in [1.165, 1.54) is 20.3 Å². The van der Waals surface area contributed by atoms with Crippen LogP contribution in [-0.2, 0) is 9.53 Å². The second kappa shape index (κ2) is 12.9. The van der Waals surface area contributed by atoms with Gasteiger partial charge in [-0.3, -0.25) is 15.1 Å². The Morgan fingerprint density at radius 3 is 2.48 bits per heavy atom. The highest BCUT2D eigenvalue weighted by Crippen LogP contribution is 2.33. The number of anilines is 2. The lowest BCUT2D eigenvalue weighted by Gasteiger charge is -2.17. The van der Waals surface area contributed by atoms with Crippen LogP contribution in [0.25, 0.3) is 21.8 Å². The zero-order valence-electron chi connectivity index (χ0n) is 22.7. The van der Waals surface area contributed by atoms with E-state index in [1.54, 1.807) is 31.2 Å². The van der Waals surface area contributed by atoms with Gasteiger partial charge in [0.05, 0.1) is 49.0 Å². The number of hydrogen-bond acceptors (Lipinski definition) is 12. The van der Waals surface area contributed by atoms with Crippen LogP contribution in [0.5, 0.6) is 17.2 Å². The molecule has 224 valence electrons. The van der Waals surface area contributed by atoms with E-state index in [2.05, 4.69) is 35.3 Å². The number of benzene rings is 2. The fourth-order valence-electron chi connectivity index (χ4n) is 3.90. The van der Waals surface area contributed by atoms with Crippen molar-refractivity contribution in [2.45, 2.75) is 19.1 Å². The highest BCUT2D eigenvalue weighted by atomic mass is 19.4. The number of nitrogens with one attached hydrogen (secondary N) is 3. The summed E-state index contributed by atoms with van der Waals surface area (Å²) >= 11 is 0. The van der Waals surface area contributed by atoms with Gasteiger partial charge in [-0.1, -0.05) is 0 Å². The van der Waals surface area contributed by atoms with Crippen LogP contribution in [0.3, 0.4) is 0 Å². The third-order valence-corrected chi connectivity index (χ3v) is 5.97. The minimum atomic E-state index is -5.12. The van der Waals surface area contributed by atoms with Crippen LogP contribution in [-0.4, -0.2) is 83.8 Å². The van der Waals surface area contributed by atoms with Crippen LogP contribution >= 0.6 is 0 Å². The SMILES string of the molecule is COc1cc2nc(Nc3nc4ccc(OCCNC(CO)COC(=O)C(F)(F)F)cc4c(=O)[nH]3)nc(C)c2cc1OC. The molecule has 2 aromatic heterocycles. The van der Waals surface area contributed by atoms with Crippen LogP contribution in [0.4, 0.5) is 25.1 Å². The number of rotatable bonds is 12. The first-order chi connectivity index (χ1) is 20.0. The topological polar surface area (TPSA) is 170 Å². The van der Waals surface area contributed by atoms with Gasteiger partial charge in [-0.2, -0.15) is 13.2 Å². The van der Waals surface area contributed by atoms with Crippen LogP contribution in [0.2, 0.25) is 0 Å². The predicted molar refractivity (Wildman–Crippen MR) is 144 cm³/mol. The highest BCUT2D eigenvalue weighted by molar-refractivity contribution is 5.86. The molecule has 0 spiro atoms. The smallest absolute Gasteiger partial charge is 0.490 e. The maximum Gasteiger partial charge on any atom is 0.490 e. The molecule has 1 unspecified atom stereocenters. The fraction of sp³-hybridized carbons (Fsp3) is 0.346. The summed E-state index contributed by atoms with van der Waals surface area (Å²) in [5.41, 5.74) is 1.16. The van der Waals surface area contributed by atoms with Crippen molar-refractivity contribution < 1.29 is 42.0 Å². The summed E-state index contributed by atoms with van der Waals surface area (Å²) in [5.74, 6) is -0.644. The minimum absolute atomic E-state index is 0.0372. The van der Waals surface area contributed by atoms with Crippen molar-refractivity contribution >= 4 is 39.7 Å². The van der Waals surface area contributed by atoms with Gasteiger partial charge >= 0.3 is 12.1 Å². The number of fused-ring (bicyclic) bond motifs is 2. The van der Waals surface area contributed by atoms with Gasteiger partial charge < -0.3 is 29.4 Å². The van der Waals surface area contributed by atoms with E-state index >= 15 is 0 Å². The number of aromatic amines is 1. The van der Waals surface area contributed by atoms with Crippen molar-refractivity contribution in [3.05, 3.63) is 46.4 Å². The standard InChI is InChI=1S/C26H27F3N6O7/c1-13-16-9-20(39-2)21(40-3)10-19(16)33-24(31-13)35-25-32-18-5-4-15(8-17(18)22(37)34-25)41-7-6-30-14(11-36)12-42-23(38)26(27,28)29/h4-5,8-10,14,30,36H,6-7,11-12H2,1-3H3,(H2,31,32,33,34,35,37). The van der Waals surface area contributed by atoms with Crippen LogP contribution < -0.4 is 30.4 Å². The average Bonchev–Trinajstić information content (AvgIpc) is 2.95. The zero-order valence-corrected chi connectivity index (χ0v) is 22.7. The third-order valence-electron chi connectivity index (χ3n) is 5.97. The highest BCUT2D eigenvalue weighted by Gasteiger charge is 2.41. The molecule has 13 nitrogen and oxygen atoms in total. The monoisotopic (exact) mass is 592 g/mol. The quantitative estimate of drug-likeness (QED) is 0.140. The lowest BCUT2D eigenvalue weighted by Crippen LogP contribution is -2.41. The molecule has 0 saturated carbocycles. The molecule has 0 aliphatic rings. The summed E-state index contributed by atoms with van der Waals surface area (Å²) in [5, 5.41) is 15.9. The number of carbonyl (C=O) groups is 1. The number of alkyl halides is 3. The summed E-state index contributed by atoms with van der Waals surface area (Å²) in [4.78, 5) is 39.6. The van der Waals surface area contributed by atoms with Gasteiger partial charge in [-0.05, 0) is 31.2 Å². The Morgan fingerprint density at radius 2 is 1.79 bits per heavy atom. The number of hydrogen-bond donors (Lipinski definition) is 4. The Labute approximate surface area is 236 Å². The molecular weight excluding hydrogens is 565 g/mol. The molecule has 4 N–H and O–H groups in total. The number of methoxy groups -OCH3 is 2. The average molecular weight is 593 g/mol. The number of aromatic nitrogens is 4. The minimum Gasteiger partial charge on any atom is -0.493 e. The normalized spacial score (nSPS) is 12.3. The van der Waals surface area contributed by atoms with E-state index in [0.717, 1.165) is 5.39 Å². The van der Waals surface area contributed by atoms with E-state index in [1.807, 2.05) is 0 Å². The molecule has 0 fully saturated rings.